The highest BCUT2D eigenvalue weighted by Gasteiger charge is 2.48. The maximum absolute atomic E-state index is 12.4. The second-order valence-corrected chi connectivity index (χ2v) is 32.0. The van der Waals surface area contributed by atoms with Gasteiger partial charge in [0.05, 0.1) is 133 Å². The van der Waals surface area contributed by atoms with Gasteiger partial charge in [-0.1, -0.05) is 102 Å². The fourth-order valence-electron chi connectivity index (χ4n) is 11.0. The van der Waals surface area contributed by atoms with Crippen LogP contribution in [0.1, 0.15) is 97.5 Å². The second-order valence-electron chi connectivity index (χ2n) is 25.2. The molecule has 95 heavy (non-hydrogen) atoms. The molecule has 8 rings (SSSR count). The zero-order valence-corrected chi connectivity index (χ0v) is 57.6. The number of thioether (sulfide) groups is 5. The molecule has 25 unspecified atom stereocenters. The van der Waals surface area contributed by atoms with E-state index in [4.69, 9.17) is 26.2 Å². The summed E-state index contributed by atoms with van der Waals surface area (Å²) in [5, 5.41) is 201. The highest BCUT2D eigenvalue weighted by Crippen LogP contribution is 2.36. The molecule has 2 aromatic carbocycles. The van der Waals surface area contributed by atoms with Crippen LogP contribution in [0.4, 0.5) is 0 Å². The zero-order chi connectivity index (χ0) is 71.2. The van der Waals surface area contributed by atoms with Crippen LogP contribution < -0.4 is 27.0 Å². The van der Waals surface area contributed by atoms with E-state index >= 15 is 0 Å². The van der Waals surface area contributed by atoms with Crippen LogP contribution in [-0.4, -0.2) is 303 Å². The molecule has 5 heterocycles. The van der Waals surface area contributed by atoms with Crippen molar-refractivity contribution in [2.24, 2.45) is 17.1 Å². The number of unbranched alkanes of at least 4 members (excludes halogenated alkanes) is 2. The molecule has 1 aliphatic carbocycles. The number of fused-ring (bicyclic) bond motifs is 1. The highest BCUT2D eigenvalue weighted by molar-refractivity contribution is 8.01. The summed E-state index contributed by atoms with van der Waals surface area (Å²) < 4.78 is 0. The quantitative estimate of drug-likeness (QED) is 0.0659. The van der Waals surface area contributed by atoms with Gasteiger partial charge < -0.3 is 129 Å². The Labute approximate surface area is 573 Å². The third kappa shape index (κ3) is 24.9. The van der Waals surface area contributed by atoms with Gasteiger partial charge in [-0.2, -0.15) is 0 Å². The van der Waals surface area contributed by atoms with Crippen LogP contribution in [0.5, 0.6) is 0 Å². The van der Waals surface area contributed by atoms with Gasteiger partial charge in [-0.3, -0.25) is 19.2 Å². The Morgan fingerprint density at radius 1 is 0.453 bits per heavy atom. The molecule has 0 aromatic heterocycles. The number of nitrogens with two attached hydrogens (primary N) is 1. The molecule has 6 fully saturated rings. The van der Waals surface area contributed by atoms with Gasteiger partial charge >= 0.3 is 0 Å². The standard InChI is InChI=1S/C18H21NO5S.C14H25NO5S.C12H23NO5S.C11H21NO5S.C6H13NO4S/c20-9-13-16(22)17(23)15(18(24)25-13)19-14(21)8-11-6-3-5-10-4-1-2-7-12(10)11;16-7-9-12(18)13(19)11(14(20)21-9)15-10(17)6-8-4-2-1-3-5-8;1-2-3-4-5-8(15)13-9-11(17)10(16)7(6-14)19-12(9)18;1-11(2,3)10(17)12-6-8(15)7(14)5(4-13)18-9(6)16;7-3-5(10)4(9)2(1-8)12-6(3)11/h1-7,13,15-18,20,22-24H,8-9H2,(H,19,21);8-9,11-14,16,18-20H,1-7H2,(H,15,17);7,9-12,14,16-18H,2-6H2,1H3,(H,13,15);5-9,13-16H,4H2,1-3H3,(H,12,17);2-6,8-11H,1,7H2. The van der Waals surface area contributed by atoms with Crippen molar-refractivity contribution >= 4 is 93.2 Å². The van der Waals surface area contributed by atoms with E-state index in [1.807, 2.05) is 49.4 Å². The summed E-state index contributed by atoms with van der Waals surface area (Å²) in [7, 11) is 0. The van der Waals surface area contributed by atoms with E-state index in [9.17, 15) is 101 Å². The van der Waals surface area contributed by atoms with Crippen molar-refractivity contribution in [2.45, 2.75) is 243 Å². The molecule has 0 spiro atoms. The Kier molecular flexibility index (Phi) is 37.0. The van der Waals surface area contributed by atoms with Gasteiger partial charge in [0.1, 0.15) is 51.6 Å². The average molecular weight is 1450 g/mol. The number of hydrogen-bond donors (Lipinski definition) is 25. The Hall–Kier alpha value is -2.51. The molecule has 29 nitrogen and oxygen atoms in total. The van der Waals surface area contributed by atoms with Crippen LogP contribution in [0.3, 0.4) is 0 Å². The van der Waals surface area contributed by atoms with Crippen LogP contribution in [-0.2, 0) is 25.6 Å². The molecule has 1 saturated carbocycles. The first-order chi connectivity index (χ1) is 44.8. The van der Waals surface area contributed by atoms with Gasteiger partial charge in [0.15, 0.2) is 0 Å². The summed E-state index contributed by atoms with van der Waals surface area (Å²) >= 11 is 4.79. The topological polar surface area (TPSA) is 547 Å². The molecule has 4 amide bonds. The molecular weight excluding hydrogens is 1350 g/mol. The summed E-state index contributed by atoms with van der Waals surface area (Å²) in [6.07, 6.45) is -2.97. The maximum Gasteiger partial charge on any atom is 0.225 e. The van der Waals surface area contributed by atoms with E-state index in [1.165, 1.54) is 6.42 Å². The van der Waals surface area contributed by atoms with Gasteiger partial charge in [0, 0.05) is 18.3 Å². The molecule has 26 N–H and O–H groups in total. The van der Waals surface area contributed by atoms with E-state index in [0.29, 0.717) is 18.8 Å². The lowest BCUT2D eigenvalue weighted by atomic mass is 9.86. The lowest BCUT2D eigenvalue weighted by Crippen LogP contribution is -2.61. The van der Waals surface area contributed by atoms with E-state index in [-0.39, 0.29) is 63.1 Å². The Bertz CT molecular complexity index is 2600. The van der Waals surface area contributed by atoms with E-state index < -0.39 is 150 Å². The first-order valence-corrected chi connectivity index (χ1v) is 36.5. The van der Waals surface area contributed by atoms with Crippen molar-refractivity contribution in [1.29, 1.82) is 0 Å². The van der Waals surface area contributed by atoms with Crippen molar-refractivity contribution < 1.29 is 121 Å². The fourth-order valence-corrected chi connectivity index (χ4v) is 16.8. The minimum atomic E-state index is -1.34. The van der Waals surface area contributed by atoms with Crippen molar-refractivity contribution in [1.82, 2.24) is 21.3 Å². The van der Waals surface area contributed by atoms with Crippen LogP contribution in [0.25, 0.3) is 10.8 Å². The molecule has 0 radical (unpaired) electrons. The summed E-state index contributed by atoms with van der Waals surface area (Å²) in [4.78, 5) is 47.9. The van der Waals surface area contributed by atoms with Gasteiger partial charge in [-0.25, -0.2) is 0 Å². The lowest BCUT2D eigenvalue weighted by Gasteiger charge is -2.40. The molecule has 2 aromatic rings. The summed E-state index contributed by atoms with van der Waals surface area (Å²) in [6.45, 7) is 5.51. The van der Waals surface area contributed by atoms with Crippen LogP contribution >= 0.6 is 58.8 Å². The van der Waals surface area contributed by atoms with E-state index in [1.54, 1.807) is 20.8 Å². The maximum atomic E-state index is 12.4. The minimum Gasteiger partial charge on any atom is -0.395 e. The third-order valence-electron chi connectivity index (χ3n) is 16.9. The van der Waals surface area contributed by atoms with Crippen molar-refractivity contribution in [3.05, 3.63) is 48.0 Å². The monoisotopic (exact) mass is 1450 g/mol. The molecule has 0 bridgehead atoms. The number of hydrogen-bond acceptors (Lipinski definition) is 30. The highest BCUT2D eigenvalue weighted by atomic mass is 32.2. The second kappa shape index (κ2) is 41.4. The molecule has 5 aliphatic heterocycles. The van der Waals surface area contributed by atoms with Crippen LogP contribution in [0.2, 0.25) is 0 Å². The summed E-state index contributed by atoms with van der Waals surface area (Å²) in [6, 6.07) is 8.84. The number of nitrogens with one attached hydrogen (secondary N) is 4. The number of rotatable bonds is 17. The third-order valence-corrected chi connectivity index (χ3v) is 23.7. The van der Waals surface area contributed by atoms with Gasteiger partial charge in [0.2, 0.25) is 23.6 Å². The number of aliphatic hydroxyl groups excluding tert-OH is 20. The van der Waals surface area contributed by atoms with Gasteiger partial charge in [-0.15, -0.1) is 58.8 Å². The largest absolute Gasteiger partial charge is 0.395 e. The Balaban J connectivity index is 0.000000257. The SMILES string of the molecule is CC(C)(C)C(=O)NC1C(O)SC(CO)C(O)C1O.CCCCCC(=O)NC1C(O)SC(CO)C(O)C1O.NC1C(O)SC(CO)C(O)C1O.O=C(CC1CCCCC1)NC1C(O)SC(CO)C(O)C1O.O=C(Cc1cccc2ccccc12)NC1C(O)SC(CO)C(O)C1O. The van der Waals surface area contributed by atoms with Crippen LogP contribution in [0.15, 0.2) is 42.5 Å². The molecule has 25 atom stereocenters. The number of benzene rings is 2. The minimum absolute atomic E-state index is 0.0987. The molecule has 34 heteroatoms. The predicted molar refractivity (Wildman–Crippen MR) is 361 cm³/mol. The molecule has 546 valence electrons. The van der Waals surface area contributed by atoms with Crippen molar-refractivity contribution in [3.63, 3.8) is 0 Å². The van der Waals surface area contributed by atoms with Crippen molar-refractivity contribution in [3.8, 4) is 0 Å². The number of carbonyl (C=O) groups excluding carboxylic acids is 4. The zero-order valence-electron chi connectivity index (χ0n) is 53.6. The molecular formula is C61H103N5O24S5. The number of carbonyl (C=O) groups is 4. The summed E-state index contributed by atoms with van der Waals surface area (Å²) in [5.74, 6) is -0.734. The first-order valence-electron chi connectivity index (χ1n) is 31.7. The fraction of sp³-hybridized carbons (Fsp3) is 0.770. The number of aliphatic hydroxyl groups is 20. The van der Waals surface area contributed by atoms with Crippen molar-refractivity contribution in [2.75, 3.05) is 33.0 Å². The summed E-state index contributed by atoms with van der Waals surface area (Å²) in [5.41, 5.74) is 0.395. The van der Waals surface area contributed by atoms with Crippen LogP contribution in [0, 0.1) is 11.3 Å². The van der Waals surface area contributed by atoms with E-state index in [2.05, 4.69) is 21.3 Å². The molecule has 6 aliphatic rings. The predicted octanol–water partition coefficient (Wildman–Crippen LogP) is -5.07. The molecule has 5 saturated heterocycles. The first kappa shape index (κ1) is 84.9. The normalized spacial score (nSPS) is 36.5. The van der Waals surface area contributed by atoms with Gasteiger partial charge in [-0.05, 0) is 41.5 Å². The smallest absolute Gasteiger partial charge is 0.225 e. The Morgan fingerprint density at radius 2 is 0.821 bits per heavy atom. The number of amides is 4. The lowest BCUT2D eigenvalue weighted by molar-refractivity contribution is -0.132. The average Bonchev–Trinajstić information content (AvgIpc) is 1.07. The Morgan fingerprint density at radius 3 is 1.23 bits per heavy atom. The van der Waals surface area contributed by atoms with E-state index in [0.717, 1.165) is 120 Å². The van der Waals surface area contributed by atoms with Gasteiger partial charge in [0.25, 0.3) is 0 Å².